The van der Waals surface area contributed by atoms with Crippen LogP contribution in [0.1, 0.15) is 56.1 Å². The van der Waals surface area contributed by atoms with Crippen LogP contribution in [0.2, 0.25) is 0 Å². The normalized spacial score (nSPS) is 38.8. The molecule has 19 heavy (non-hydrogen) atoms. The van der Waals surface area contributed by atoms with Crippen molar-refractivity contribution in [3.63, 3.8) is 0 Å². The Morgan fingerprint density at radius 1 is 1.37 bits per heavy atom. The van der Waals surface area contributed by atoms with Crippen LogP contribution in [-0.2, 0) is 0 Å². The Morgan fingerprint density at radius 2 is 2.21 bits per heavy atom. The van der Waals surface area contributed by atoms with E-state index in [4.69, 9.17) is 10.2 Å². The van der Waals surface area contributed by atoms with Crippen LogP contribution in [0.5, 0.6) is 0 Å². The van der Waals surface area contributed by atoms with E-state index in [0.29, 0.717) is 18.5 Å². The van der Waals surface area contributed by atoms with Gasteiger partial charge in [0.05, 0.1) is 6.04 Å². The number of rotatable bonds is 4. The Labute approximate surface area is 115 Å². The van der Waals surface area contributed by atoms with Gasteiger partial charge in [-0.3, -0.25) is 4.90 Å². The molecule has 1 aromatic heterocycles. The molecule has 0 aromatic carbocycles. The molecule has 1 aliphatic heterocycles. The van der Waals surface area contributed by atoms with Gasteiger partial charge in [0.25, 0.3) is 0 Å². The molecule has 1 aromatic rings. The molecular formula is C16H24N2O. The van der Waals surface area contributed by atoms with E-state index in [1.54, 1.807) is 0 Å². The highest BCUT2D eigenvalue weighted by Gasteiger charge is 2.42. The molecule has 4 rings (SSSR count). The summed E-state index contributed by atoms with van der Waals surface area (Å²) in [7, 11) is 0. The van der Waals surface area contributed by atoms with Gasteiger partial charge in [0.2, 0.25) is 0 Å². The summed E-state index contributed by atoms with van der Waals surface area (Å²) in [5, 5.41) is 0. The summed E-state index contributed by atoms with van der Waals surface area (Å²) in [5.41, 5.74) is 6.04. The van der Waals surface area contributed by atoms with Crippen molar-refractivity contribution in [2.75, 3.05) is 13.1 Å². The summed E-state index contributed by atoms with van der Waals surface area (Å²) in [6.45, 7) is 4.20. The van der Waals surface area contributed by atoms with Crippen molar-refractivity contribution in [1.82, 2.24) is 4.90 Å². The molecule has 2 heterocycles. The third-order valence-electron chi connectivity index (χ3n) is 5.53. The summed E-state index contributed by atoms with van der Waals surface area (Å²) in [5.74, 6) is 4.67. The zero-order valence-electron chi connectivity index (χ0n) is 11.7. The van der Waals surface area contributed by atoms with Gasteiger partial charge in [-0.25, -0.2) is 0 Å². The van der Waals surface area contributed by atoms with Gasteiger partial charge < -0.3 is 10.2 Å². The van der Waals surface area contributed by atoms with Crippen LogP contribution in [0.25, 0.3) is 0 Å². The molecule has 2 bridgehead atoms. The largest absolute Gasteiger partial charge is 0.464 e. The topological polar surface area (TPSA) is 42.4 Å². The van der Waals surface area contributed by atoms with E-state index in [1.165, 1.54) is 38.0 Å². The number of hydrogen-bond donors (Lipinski definition) is 1. The first-order chi connectivity index (χ1) is 9.26. The van der Waals surface area contributed by atoms with Crippen LogP contribution in [0, 0.1) is 11.8 Å². The van der Waals surface area contributed by atoms with E-state index >= 15 is 0 Å². The summed E-state index contributed by atoms with van der Waals surface area (Å²) < 4.78 is 6.13. The van der Waals surface area contributed by atoms with Crippen LogP contribution in [0.4, 0.5) is 0 Å². The average Bonchev–Trinajstić information content (AvgIpc) is 2.86. The first kappa shape index (κ1) is 12.0. The summed E-state index contributed by atoms with van der Waals surface area (Å²) in [4.78, 5) is 2.60. The minimum absolute atomic E-state index is 0.304. The zero-order chi connectivity index (χ0) is 13.0. The van der Waals surface area contributed by atoms with E-state index in [-0.39, 0.29) is 0 Å². The van der Waals surface area contributed by atoms with Gasteiger partial charge in [-0.15, -0.1) is 0 Å². The van der Waals surface area contributed by atoms with Gasteiger partial charge in [-0.2, -0.15) is 0 Å². The van der Waals surface area contributed by atoms with E-state index in [9.17, 15) is 0 Å². The van der Waals surface area contributed by atoms with Gasteiger partial charge in [-0.05, 0) is 49.7 Å². The fourth-order valence-electron chi connectivity index (χ4n) is 4.22. The second kappa shape index (κ2) is 4.35. The SMILES string of the molecule is CC1CC1c1ccc(C(CN)N2CC3CCC2C3)o1. The van der Waals surface area contributed by atoms with Gasteiger partial charge in [0.15, 0.2) is 0 Å². The van der Waals surface area contributed by atoms with Gasteiger partial charge >= 0.3 is 0 Å². The molecule has 2 N–H and O–H groups in total. The van der Waals surface area contributed by atoms with Crippen LogP contribution in [0.3, 0.4) is 0 Å². The molecule has 0 spiro atoms. The van der Waals surface area contributed by atoms with Crippen LogP contribution in [0.15, 0.2) is 16.5 Å². The van der Waals surface area contributed by atoms with Crippen LogP contribution < -0.4 is 5.73 Å². The van der Waals surface area contributed by atoms with Crippen molar-refractivity contribution in [2.45, 2.75) is 50.6 Å². The maximum atomic E-state index is 6.13. The molecule has 5 atom stereocenters. The molecule has 1 saturated heterocycles. The molecule has 3 fully saturated rings. The molecule has 104 valence electrons. The molecule has 2 saturated carbocycles. The number of furan rings is 1. The smallest absolute Gasteiger partial charge is 0.122 e. The Bertz CT molecular complexity index is 469. The highest BCUT2D eigenvalue weighted by Crippen LogP contribution is 2.48. The first-order valence-electron chi connectivity index (χ1n) is 7.81. The number of likely N-dealkylation sites (tertiary alicyclic amines) is 1. The van der Waals surface area contributed by atoms with E-state index in [0.717, 1.165) is 23.6 Å². The standard InChI is InChI=1S/C16H24N2O/c1-10-6-13(10)15-4-5-16(19-15)14(8-17)18-9-11-2-3-12(18)7-11/h4-5,10-14H,2-3,6-9,17H2,1H3. The number of fused-ring (bicyclic) bond motifs is 2. The zero-order valence-corrected chi connectivity index (χ0v) is 11.7. The summed E-state index contributed by atoms with van der Waals surface area (Å²) in [6.07, 6.45) is 5.44. The lowest BCUT2D eigenvalue weighted by atomic mass is 10.1. The highest BCUT2D eigenvalue weighted by molar-refractivity contribution is 5.20. The molecule has 0 amide bonds. The third-order valence-corrected chi connectivity index (χ3v) is 5.53. The fraction of sp³-hybridized carbons (Fsp3) is 0.750. The number of hydrogen-bond acceptors (Lipinski definition) is 3. The summed E-state index contributed by atoms with van der Waals surface area (Å²) >= 11 is 0. The molecule has 3 aliphatic rings. The number of piperidine rings is 1. The predicted molar refractivity (Wildman–Crippen MR) is 74.9 cm³/mol. The van der Waals surface area contributed by atoms with E-state index in [2.05, 4.69) is 24.0 Å². The van der Waals surface area contributed by atoms with E-state index in [1.807, 2.05) is 0 Å². The maximum Gasteiger partial charge on any atom is 0.122 e. The van der Waals surface area contributed by atoms with Gasteiger partial charge in [-0.1, -0.05) is 6.92 Å². The lowest BCUT2D eigenvalue weighted by Crippen LogP contribution is -2.39. The van der Waals surface area contributed by atoms with Crippen LogP contribution in [-0.4, -0.2) is 24.0 Å². The van der Waals surface area contributed by atoms with Crippen molar-refractivity contribution in [2.24, 2.45) is 17.6 Å². The van der Waals surface area contributed by atoms with Gasteiger partial charge in [0.1, 0.15) is 11.5 Å². The Balaban J connectivity index is 1.54. The minimum atomic E-state index is 0.304. The highest BCUT2D eigenvalue weighted by atomic mass is 16.3. The second-order valence-corrected chi connectivity index (χ2v) is 6.84. The molecule has 2 aliphatic carbocycles. The molecule has 3 heteroatoms. The monoisotopic (exact) mass is 260 g/mol. The van der Waals surface area contributed by atoms with Crippen molar-refractivity contribution >= 4 is 0 Å². The average molecular weight is 260 g/mol. The third kappa shape index (κ3) is 1.95. The lowest BCUT2D eigenvalue weighted by molar-refractivity contribution is 0.135. The van der Waals surface area contributed by atoms with Crippen molar-refractivity contribution < 1.29 is 4.42 Å². The quantitative estimate of drug-likeness (QED) is 0.905. The molecule has 3 nitrogen and oxygen atoms in total. The first-order valence-corrected chi connectivity index (χ1v) is 7.81. The predicted octanol–water partition coefficient (Wildman–Crippen LogP) is 2.89. The fourth-order valence-corrected chi connectivity index (χ4v) is 4.22. The molecule has 5 unspecified atom stereocenters. The number of nitrogens with zero attached hydrogens (tertiary/aromatic N) is 1. The molecule has 0 radical (unpaired) electrons. The maximum absolute atomic E-state index is 6.13. The van der Waals surface area contributed by atoms with Crippen molar-refractivity contribution in [3.8, 4) is 0 Å². The Hall–Kier alpha value is -0.800. The van der Waals surface area contributed by atoms with Crippen LogP contribution >= 0.6 is 0 Å². The lowest BCUT2D eigenvalue weighted by Gasteiger charge is -2.33. The summed E-state index contributed by atoms with van der Waals surface area (Å²) in [6, 6.07) is 5.41. The van der Waals surface area contributed by atoms with Gasteiger partial charge in [0, 0.05) is 25.0 Å². The second-order valence-electron chi connectivity index (χ2n) is 6.84. The van der Waals surface area contributed by atoms with E-state index < -0.39 is 0 Å². The Kier molecular flexibility index (Phi) is 2.75. The number of nitrogens with two attached hydrogens (primary N) is 1. The Morgan fingerprint density at radius 3 is 2.79 bits per heavy atom. The van der Waals surface area contributed by atoms with Crippen molar-refractivity contribution in [1.29, 1.82) is 0 Å². The minimum Gasteiger partial charge on any atom is -0.464 e. The van der Waals surface area contributed by atoms with Crippen molar-refractivity contribution in [3.05, 3.63) is 23.7 Å². The molecular weight excluding hydrogens is 236 g/mol.